The van der Waals surface area contributed by atoms with Crippen LogP contribution in [0, 0.1) is 34.1 Å². The van der Waals surface area contributed by atoms with Crippen LogP contribution in [0.3, 0.4) is 0 Å². The van der Waals surface area contributed by atoms with Gasteiger partial charge in [-0.25, -0.2) is 0 Å². The summed E-state index contributed by atoms with van der Waals surface area (Å²) in [5.74, 6) is 0. The Bertz CT molecular complexity index is 662. The monoisotopic (exact) mass is 353 g/mol. The highest BCUT2D eigenvalue weighted by molar-refractivity contribution is 9.10. The smallest absolute Gasteiger partial charge is 0.258 e. The lowest BCUT2D eigenvalue weighted by Crippen LogP contribution is -1.87. The van der Waals surface area contributed by atoms with Crippen LogP contribution in [0.25, 0.3) is 0 Å². The molecule has 0 aliphatic rings. The standard InChI is InChI=1S/C7H6BrNO2.C7H7NO2/c1-5-2-3-6(9(10)11)4-7(5)8;1-6-2-4-7(5-3-6)8(9)10/h2-4H,1H3;2-5H,1H3/p+1. The lowest BCUT2D eigenvalue weighted by molar-refractivity contribution is -0.385. The summed E-state index contributed by atoms with van der Waals surface area (Å²) in [6.07, 6.45) is 0. The Labute approximate surface area is 131 Å². The second kappa shape index (κ2) is 7.49. The first-order valence-electron chi connectivity index (χ1n) is 5.93. The van der Waals surface area contributed by atoms with E-state index in [4.69, 9.17) is 0 Å². The van der Waals surface area contributed by atoms with Crippen molar-refractivity contribution in [1.82, 2.24) is 0 Å². The quantitative estimate of drug-likeness (QED) is 0.579. The molecule has 0 atom stereocenters. The maximum absolute atomic E-state index is 10.2. The third kappa shape index (κ3) is 5.31. The molecule has 0 saturated carbocycles. The summed E-state index contributed by atoms with van der Waals surface area (Å²) in [5.41, 5.74) is 2.29. The van der Waals surface area contributed by atoms with E-state index in [1.807, 2.05) is 13.8 Å². The van der Waals surface area contributed by atoms with Gasteiger partial charge in [0.15, 0.2) is 0 Å². The number of benzene rings is 2. The van der Waals surface area contributed by atoms with Gasteiger partial charge in [-0.3, -0.25) is 20.2 Å². The molecule has 0 bridgehead atoms. The molecule has 0 radical (unpaired) electrons. The molecule has 2 rings (SSSR count). The first-order chi connectivity index (χ1) is 9.81. The largest absolute Gasteiger partial charge is 1.00 e. The van der Waals surface area contributed by atoms with E-state index < -0.39 is 9.85 Å². The van der Waals surface area contributed by atoms with Gasteiger partial charge >= 0.3 is 1.43 Å². The molecule has 0 saturated heterocycles. The van der Waals surface area contributed by atoms with Crippen LogP contribution in [-0.4, -0.2) is 9.85 Å². The van der Waals surface area contributed by atoms with Crippen LogP contribution in [-0.2, 0) is 0 Å². The van der Waals surface area contributed by atoms with Crippen molar-refractivity contribution in [3.63, 3.8) is 0 Å². The highest BCUT2D eigenvalue weighted by Gasteiger charge is 2.05. The third-order valence-electron chi connectivity index (χ3n) is 2.61. The maximum atomic E-state index is 10.2. The fraction of sp³-hybridized carbons (Fsp3) is 0.143. The van der Waals surface area contributed by atoms with Gasteiger partial charge in [-0.2, -0.15) is 0 Å². The van der Waals surface area contributed by atoms with Crippen molar-refractivity contribution in [3.8, 4) is 0 Å². The highest BCUT2D eigenvalue weighted by Crippen LogP contribution is 2.21. The molecular formula is C14H14BrN2O4+. The predicted molar refractivity (Wildman–Crippen MR) is 84.5 cm³/mol. The van der Waals surface area contributed by atoms with Crippen LogP contribution in [0.1, 0.15) is 12.6 Å². The molecule has 6 nitrogen and oxygen atoms in total. The van der Waals surface area contributed by atoms with E-state index >= 15 is 0 Å². The number of rotatable bonds is 2. The first kappa shape index (κ1) is 16.8. The minimum atomic E-state index is -0.412. The third-order valence-corrected chi connectivity index (χ3v) is 3.47. The summed E-state index contributed by atoms with van der Waals surface area (Å²) in [5, 5.41) is 20.4. The van der Waals surface area contributed by atoms with Gasteiger partial charge in [-0.15, -0.1) is 0 Å². The topological polar surface area (TPSA) is 86.3 Å². The van der Waals surface area contributed by atoms with E-state index in [9.17, 15) is 20.2 Å². The van der Waals surface area contributed by atoms with E-state index in [1.165, 1.54) is 24.3 Å². The lowest BCUT2D eigenvalue weighted by atomic mass is 10.2. The van der Waals surface area contributed by atoms with Crippen LogP contribution in [0.4, 0.5) is 11.4 Å². The van der Waals surface area contributed by atoms with Crippen LogP contribution >= 0.6 is 15.9 Å². The number of halogens is 1. The highest BCUT2D eigenvalue weighted by atomic mass is 79.9. The Kier molecular flexibility index (Phi) is 5.98. The summed E-state index contributed by atoms with van der Waals surface area (Å²) in [6, 6.07) is 11.1. The van der Waals surface area contributed by atoms with Gasteiger partial charge in [0, 0.05) is 28.7 Å². The minimum Gasteiger partial charge on any atom is -0.258 e. The maximum Gasteiger partial charge on any atom is 1.00 e. The molecule has 21 heavy (non-hydrogen) atoms. The summed E-state index contributed by atoms with van der Waals surface area (Å²) >= 11 is 3.21. The fourth-order valence-electron chi connectivity index (χ4n) is 1.36. The predicted octanol–water partition coefficient (Wildman–Crippen LogP) is 4.68. The van der Waals surface area contributed by atoms with E-state index in [1.54, 1.807) is 18.2 Å². The summed E-state index contributed by atoms with van der Waals surface area (Å²) in [4.78, 5) is 19.6. The minimum absolute atomic E-state index is 0. The van der Waals surface area contributed by atoms with E-state index in [2.05, 4.69) is 15.9 Å². The van der Waals surface area contributed by atoms with Crippen molar-refractivity contribution in [1.29, 1.82) is 0 Å². The molecule has 0 amide bonds. The molecular weight excluding hydrogens is 340 g/mol. The average molecular weight is 354 g/mol. The van der Waals surface area contributed by atoms with Crippen LogP contribution in [0.15, 0.2) is 46.9 Å². The summed E-state index contributed by atoms with van der Waals surface area (Å²) in [6.45, 7) is 3.78. The second-order valence-corrected chi connectivity index (χ2v) is 5.14. The van der Waals surface area contributed by atoms with Gasteiger partial charge < -0.3 is 0 Å². The number of nitro groups is 2. The molecule has 2 aromatic rings. The van der Waals surface area contributed by atoms with Gasteiger partial charge in [-0.1, -0.05) is 39.7 Å². The zero-order valence-corrected chi connectivity index (χ0v) is 13.0. The Balaban J connectivity index is 0.000000385. The number of hydrogen-bond acceptors (Lipinski definition) is 4. The van der Waals surface area contributed by atoms with Crippen LogP contribution in [0.2, 0.25) is 0 Å². The molecule has 0 N–H and O–H groups in total. The fourth-order valence-corrected chi connectivity index (χ4v) is 1.73. The number of hydrogen-bond donors (Lipinski definition) is 0. The summed E-state index contributed by atoms with van der Waals surface area (Å²) in [7, 11) is 0. The molecule has 0 aliphatic carbocycles. The zero-order valence-electron chi connectivity index (χ0n) is 12.4. The van der Waals surface area contributed by atoms with E-state index in [0.717, 1.165) is 15.6 Å². The normalized spacial score (nSPS) is 9.48. The lowest BCUT2D eigenvalue weighted by Gasteiger charge is -1.95. The SMILES string of the molecule is Cc1ccc([N+](=O)[O-])cc1.Cc1ccc([N+](=O)[O-])cc1Br.[H+]. The van der Waals surface area contributed by atoms with Gasteiger partial charge in [0.25, 0.3) is 11.4 Å². The average Bonchev–Trinajstić information content (AvgIpc) is 2.43. The molecule has 0 heterocycles. The number of nitro benzene ring substituents is 2. The Morgan fingerprint density at radius 3 is 1.81 bits per heavy atom. The van der Waals surface area contributed by atoms with Crippen molar-refractivity contribution in [2.24, 2.45) is 0 Å². The molecule has 7 heteroatoms. The molecule has 0 aliphatic heterocycles. The number of nitrogens with zero attached hydrogens (tertiary/aromatic N) is 2. The Morgan fingerprint density at radius 2 is 1.38 bits per heavy atom. The zero-order chi connectivity index (χ0) is 16.0. The van der Waals surface area contributed by atoms with Crippen molar-refractivity contribution >= 4 is 27.3 Å². The van der Waals surface area contributed by atoms with E-state index in [0.29, 0.717) is 0 Å². The number of aryl methyl sites for hydroxylation is 2. The molecule has 0 aromatic heterocycles. The second-order valence-electron chi connectivity index (χ2n) is 4.28. The van der Waals surface area contributed by atoms with Crippen molar-refractivity contribution in [3.05, 3.63) is 78.3 Å². The van der Waals surface area contributed by atoms with Gasteiger partial charge in [0.2, 0.25) is 0 Å². The van der Waals surface area contributed by atoms with Gasteiger partial charge in [-0.05, 0) is 19.4 Å². The molecule has 2 aromatic carbocycles. The van der Waals surface area contributed by atoms with Crippen molar-refractivity contribution in [2.45, 2.75) is 13.8 Å². The molecule has 0 fully saturated rings. The molecule has 0 spiro atoms. The van der Waals surface area contributed by atoms with Crippen molar-refractivity contribution < 1.29 is 11.3 Å². The van der Waals surface area contributed by atoms with Crippen LogP contribution in [0.5, 0.6) is 0 Å². The molecule has 110 valence electrons. The Hall–Kier alpha value is -2.28. The van der Waals surface area contributed by atoms with Gasteiger partial charge in [0.1, 0.15) is 0 Å². The van der Waals surface area contributed by atoms with Crippen molar-refractivity contribution in [2.75, 3.05) is 0 Å². The van der Waals surface area contributed by atoms with Crippen LogP contribution < -0.4 is 0 Å². The molecule has 0 unspecified atom stereocenters. The summed E-state index contributed by atoms with van der Waals surface area (Å²) < 4.78 is 0.770. The number of non-ortho nitro benzene ring substituents is 2. The Morgan fingerprint density at radius 1 is 0.905 bits per heavy atom. The van der Waals surface area contributed by atoms with E-state index in [-0.39, 0.29) is 12.8 Å². The van der Waals surface area contributed by atoms with Gasteiger partial charge in [0.05, 0.1) is 9.85 Å². The first-order valence-corrected chi connectivity index (χ1v) is 6.72.